The first-order chi connectivity index (χ1) is 11.5. The highest BCUT2D eigenvalue weighted by molar-refractivity contribution is 7.10. The summed E-state index contributed by atoms with van der Waals surface area (Å²) in [6, 6.07) is 10.1. The molecule has 0 radical (unpaired) electrons. The third-order valence-electron chi connectivity index (χ3n) is 4.39. The summed E-state index contributed by atoms with van der Waals surface area (Å²) >= 11 is 13.8. The number of hydrogen-bond donors (Lipinski definition) is 1. The van der Waals surface area contributed by atoms with Crippen molar-refractivity contribution in [3.63, 3.8) is 0 Å². The molecule has 6 heteroatoms. The van der Waals surface area contributed by atoms with Gasteiger partial charge in [-0.1, -0.05) is 35.3 Å². The van der Waals surface area contributed by atoms with Gasteiger partial charge in [-0.2, -0.15) is 0 Å². The second-order valence-corrected chi connectivity index (χ2v) is 7.90. The minimum Gasteiger partial charge on any atom is -0.348 e. The van der Waals surface area contributed by atoms with Crippen LogP contribution in [0.1, 0.15) is 42.3 Å². The van der Waals surface area contributed by atoms with E-state index in [4.69, 9.17) is 23.2 Å². The van der Waals surface area contributed by atoms with Crippen LogP contribution in [0.2, 0.25) is 10.0 Å². The molecule has 2 atom stereocenters. The second-order valence-electron chi connectivity index (χ2n) is 6.11. The summed E-state index contributed by atoms with van der Waals surface area (Å²) in [6.45, 7) is 3.34. The number of nitrogens with zero attached hydrogens (tertiary/aromatic N) is 1. The topological polar surface area (TPSA) is 32.3 Å². The Labute approximate surface area is 156 Å². The Kier molecular flexibility index (Phi) is 5.82. The van der Waals surface area contributed by atoms with E-state index < -0.39 is 0 Å². The van der Waals surface area contributed by atoms with Gasteiger partial charge in [0.1, 0.15) is 0 Å². The van der Waals surface area contributed by atoms with E-state index in [1.54, 1.807) is 11.3 Å². The fourth-order valence-corrected chi connectivity index (χ4v) is 4.23. The number of carbonyl (C=O) groups is 1. The summed E-state index contributed by atoms with van der Waals surface area (Å²) in [7, 11) is 0. The molecule has 0 bridgehead atoms. The van der Waals surface area contributed by atoms with E-state index in [9.17, 15) is 4.79 Å². The van der Waals surface area contributed by atoms with Gasteiger partial charge in [-0.15, -0.1) is 11.3 Å². The normalized spacial score (nSPS) is 19.4. The number of halogens is 2. The molecule has 0 spiro atoms. The molecule has 0 saturated carbocycles. The predicted molar refractivity (Wildman–Crippen MR) is 101 cm³/mol. The smallest absolute Gasteiger partial charge is 0.234 e. The zero-order chi connectivity index (χ0) is 17.1. The van der Waals surface area contributed by atoms with Crippen molar-refractivity contribution in [3.05, 3.63) is 56.2 Å². The number of hydrogen-bond acceptors (Lipinski definition) is 3. The van der Waals surface area contributed by atoms with Crippen LogP contribution in [0.15, 0.2) is 35.7 Å². The molecule has 1 aromatic carbocycles. The highest BCUT2D eigenvalue weighted by Crippen LogP contribution is 2.34. The van der Waals surface area contributed by atoms with Crippen LogP contribution in [0.5, 0.6) is 0 Å². The molecular formula is C18H20Cl2N2OS. The molecule has 1 N–H and O–H groups in total. The van der Waals surface area contributed by atoms with Gasteiger partial charge in [-0.25, -0.2) is 0 Å². The lowest BCUT2D eigenvalue weighted by Crippen LogP contribution is -2.37. The molecule has 1 fully saturated rings. The van der Waals surface area contributed by atoms with Crippen molar-refractivity contribution in [3.8, 4) is 0 Å². The van der Waals surface area contributed by atoms with E-state index in [0.717, 1.165) is 24.9 Å². The van der Waals surface area contributed by atoms with Crippen LogP contribution in [-0.2, 0) is 4.79 Å². The summed E-state index contributed by atoms with van der Waals surface area (Å²) in [4.78, 5) is 15.8. The van der Waals surface area contributed by atoms with Gasteiger partial charge in [0.2, 0.25) is 5.91 Å². The van der Waals surface area contributed by atoms with E-state index in [-0.39, 0.29) is 18.0 Å². The van der Waals surface area contributed by atoms with Crippen molar-refractivity contribution in [1.82, 2.24) is 10.2 Å². The van der Waals surface area contributed by atoms with Gasteiger partial charge in [0.25, 0.3) is 0 Å². The summed E-state index contributed by atoms with van der Waals surface area (Å²) in [5.41, 5.74) is 1.13. The lowest BCUT2D eigenvalue weighted by atomic mass is 10.0. The Bertz CT molecular complexity index is 705. The van der Waals surface area contributed by atoms with Gasteiger partial charge in [-0.3, -0.25) is 9.69 Å². The maximum Gasteiger partial charge on any atom is 0.234 e. The molecule has 1 aromatic heterocycles. The number of carbonyl (C=O) groups excluding carboxylic acids is 1. The Morgan fingerprint density at radius 2 is 2.21 bits per heavy atom. The fraction of sp³-hybridized carbons (Fsp3) is 0.389. The average molecular weight is 383 g/mol. The van der Waals surface area contributed by atoms with Crippen molar-refractivity contribution in [2.75, 3.05) is 13.1 Å². The molecule has 24 heavy (non-hydrogen) atoms. The summed E-state index contributed by atoms with van der Waals surface area (Å²) < 4.78 is 0. The highest BCUT2D eigenvalue weighted by Gasteiger charge is 2.28. The Hall–Kier alpha value is -1.07. The molecule has 128 valence electrons. The lowest BCUT2D eigenvalue weighted by molar-refractivity contribution is -0.123. The molecule has 1 saturated heterocycles. The first-order valence-electron chi connectivity index (χ1n) is 8.06. The van der Waals surface area contributed by atoms with Crippen LogP contribution in [0.3, 0.4) is 0 Å². The highest BCUT2D eigenvalue weighted by atomic mass is 35.5. The van der Waals surface area contributed by atoms with Crippen molar-refractivity contribution >= 4 is 40.4 Å². The quantitative estimate of drug-likeness (QED) is 0.782. The molecule has 0 aliphatic carbocycles. The van der Waals surface area contributed by atoms with Gasteiger partial charge in [0, 0.05) is 10.9 Å². The van der Waals surface area contributed by atoms with Crippen molar-refractivity contribution in [1.29, 1.82) is 0 Å². The molecule has 1 aliphatic heterocycles. The van der Waals surface area contributed by atoms with Gasteiger partial charge >= 0.3 is 0 Å². The van der Waals surface area contributed by atoms with Crippen molar-refractivity contribution in [2.24, 2.45) is 0 Å². The van der Waals surface area contributed by atoms with Crippen molar-refractivity contribution in [2.45, 2.75) is 31.8 Å². The molecule has 3 rings (SSSR count). The largest absolute Gasteiger partial charge is 0.348 e. The number of likely N-dealkylation sites (tertiary alicyclic amines) is 1. The predicted octanol–water partition coefficient (Wildman–Crippen LogP) is 5.07. The monoisotopic (exact) mass is 382 g/mol. The minimum absolute atomic E-state index is 0.0449. The number of benzene rings is 1. The van der Waals surface area contributed by atoms with E-state index >= 15 is 0 Å². The Morgan fingerprint density at radius 1 is 1.38 bits per heavy atom. The number of rotatable bonds is 5. The maximum atomic E-state index is 12.4. The molecule has 1 amide bonds. The molecule has 2 unspecified atom stereocenters. The SMILES string of the molecule is CC(NC(=O)CN1CCCC1c1ccc(Cl)c(Cl)c1)c1cccs1. The molecule has 3 nitrogen and oxygen atoms in total. The van der Waals surface area contributed by atoms with Crippen LogP contribution in [0.4, 0.5) is 0 Å². The summed E-state index contributed by atoms with van der Waals surface area (Å²) in [6.07, 6.45) is 2.12. The van der Waals surface area contributed by atoms with Gasteiger partial charge in [0.15, 0.2) is 0 Å². The molecule has 1 aliphatic rings. The van der Waals surface area contributed by atoms with E-state index in [1.165, 1.54) is 4.88 Å². The summed E-state index contributed by atoms with van der Waals surface area (Å²) in [5.74, 6) is 0.0582. The maximum absolute atomic E-state index is 12.4. The molecular weight excluding hydrogens is 363 g/mol. The fourth-order valence-electron chi connectivity index (χ4n) is 3.19. The van der Waals surface area contributed by atoms with E-state index in [0.29, 0.717) is 16.6 Å². The van der Waals surface area contributed by atoms with Gasteiger partial charge in [-0.05, 0) is 55.5 Å². The van der Waals surface area contributed by atoms with Crippen LogP contribution >= 0.6 is 34.5 Å². The molecule has 2 aromatic rings. The minimum atomic E-state index is 0.0449. The van der Waals surface area contributed by atoms with Crippen LogP contribution in [-0.4, -0.2) is 23.9 Å². The third kappa shape index (κ3) is 4.12. The van der Waals surface area contributed by atoms with Crippen LogP contribution in [0, 0.1) is 0 Å². The van der Waals surface area contributed by atoms with Crippen molar-refractivity contribution < 1.29 is 4.79 Å². The number of thiophene rings is 1. The van der Waals surface area contributed by atoms with Crippen LogP contribution in [0.25, 0.3) is 0 Å². The Balaban J connectivity index is 1.63. The lowest BCUT2D eigenvalue weighted by Gasteiger charge is -2.25. The summed E-state index contributed by atoms with van der Waals surface area (Å²) in [5, 5.41) is 6.24. The van der Waals surface area contributed by atoms with E-state index in [2.05, 4.69) is 10.2 Å². The standard InChI is InChI=1S/C18H20Cl2N2OS/c1-12(17-5-3-9-24-17)21-18(23)11-22-8-2-4-16(22)13-6-7-14(19)15(20)10-13/h3,5-7,9-10,12,16H,2,4,8,11H2,1H3,(H,21,23). The number of amides is 1. The third-order valence-corrected chi connectivity index (χ3v) is 6.18. The van der Waals surface area contributed by atoms with E-state index in [1.807, 2.05) is 42.6 Å². The zero-order valence-electron chi connectivity index (χ0n) is 13.5. The van der Waals surface area contributed by atoms with Crippen LogP contribution < -0.4 is 5.32 Å². The first kappa shape index (κ1) is 17.7. The second kappa shape index (κ2) is 7.87. The average Bonchev–Trinajstić information content (AvgIpc) is 3.21. The first-order valence-corrected chi connectivity index (χ1v) is 9.70. The van der Waals surface area contributed by atoms with Gasteiger partial charge in [0.05, 0.1) is 22.6 Å². The Morgan fingerprint density at radius 3 is 2.92 bits per heavy atom. The zero-order valence-corrected chi connectivity index (χ0v) is 15.8. The van der Waals surface area contributed by atoms with Gasteiger partial charge < -0.3 is 5.32 Å². The number of nitrogens with one attached hydrogen (secondary N) is 1. The molecule has 2 heterocycles.